The first-order valence-electron chi connectivity index (χ1n) is 6.62. The fraction of sp³-hybridized carbons (Fsp3) is 0.500. The molecule has 6 heteroatoms. The number of nitrogen functional groups attached to an aromatic ring is 1. The predicted molar refractivity (Wildman–Crippen MR) is 86.4 cm³/mol. The van der Waals surface area contributed by atoms with Crippen LogP contribution in [0.4, 0.5) is 11.4 Å². The molecule has 0 saturated heterocycles. The molecule has 3 N–H and O–H groups in total. The Hall–Kier alpha value is -1.07. The molecule has 1 rings (SSSR count). The van der Waals surface area contributed by atoms with Crippen LogP contribution in [-0.2, 0) is 15.6 Å². The van der Waals surface area contributed by atoms with Gasteiger partial charge in [0, 0.05) is 33.7 Å². The van der Waals surface area contributed by atoms with Crippen molar-refractivity contribution in [1.29, 1.82) is 0 Å². The van der Waals surface area contributed by atoms with E-state index in [9.17, 15) is 9.00 Å². The Bertz CT molecular complexity index is 494. The standard InChI is InChI=1S/C14H21ClN2O2S/c1-3-10(2)9-20(19)7-6-14(18)17-13-8-11(15)4-5-12(13)16/h4-5,8,10H,3,6-7,9,16H2,1-2H3,(H,17,18). The largest absolute Gasteiger partial charge is 0.397 e. The Morgan fingerprint density at radius 2 is 2.20 bits per heavy atom. The summed E-state index contributed by atoms with van der Waals surface area (Å²) in [5, 5.41) is 3.20. The van der Waals surface area contributed by atoms with Crippen LogP contribution in [-0.4, -0.2) is 21.6 Å². The Labute approximate surface area is 127 Å². The molecule has 0 heterocycles. The fourth-order valence-corrected chi connectivity index (χ4v) is 3.20. The molecule has 0 bridgehead atoms. The molecular weight excluding hydrogens is 296 g/mol. The van der Waals surface area contributed by atoms with Crippen molar-refractivity contribution in [2.75, 3.05) is 22.6 Å². The third-order valence-corrected chi connectivity index (χ3v) is 4.85. The average Bonchev–Trinajstić information content (AvgIpc) is 2.40. The fourth-order valence-electron chi connectivity index (χ4n) is 1.57. The van der Waals surface area contributed by atoms with Gasteiger partial charge in [-0.15, -0.1) is 0 Å². The minimum absolute atomic E-state index is 0.198. The first-order valence-corrected chi connectivity index (χ1v) is 8.48. The number of halogens is 1. The number of benzene rings is 1. The zero-order valence-electron chi connectivity index (χ0n) is 11.8. The lowest BCUT2D eigenvalue weighted by molar-refractivity contribution is -0.115. The van der Waals surface area contributed by atoms with Crippen molar-refractivity contribution in [1.82, 2.24) is 0 Å². The van der Waals surface area contributed by atoms with E-state index < -0.39 is 10.8 Å². The monoisotopic (exact) mass is 316 g/mol. The Balaban J connectivity index is 2.44. The maximum Gasteiger partial charge on any atom is 0.225 e. The van der Waals surface area contributed by atoms with E-state index in [4.69, 9.17) is 17.3 Å². The van der Waals surface area contributed by atoms with Crippen molar-refractivity contribution in [2.45, 2.75) is 26.7 Å². The van der Waals surface area contributed by atoms with Gasteiger partial charge in [-0.25, -0.2) is 0 Å². The van der Waals surface area contributed by atoms with E-state index in [1.54, 1.807) is 18.2 Å². The Morgan fingerprint density at radius 3 is 2.85 bits per heavy atom. The van der Waals surface area contributed by atoms with Gasteiger partial charge in [0.15, 0.2) is 0 Å². The summed E-state index contributed by atoms with van der Waals surface area (Å²) in [5.41, 5.74) is 6.70. The predicted octanol–water partition coefficient (Wildman–Crippen LogP) is 3.05. The molecule has 1 aromatic rings. The zero-order chi connectivity index (χ0) is 15.1. The van der Waals surface area contributed by atoms with Gasteiger partial charge in [-0.2, -0.15) is 0 Å². The van der Waals surface area contributed by atoms with Crippen molar-refractivity contribution in [2.24, 2.45) is 5.92 Å². The highest BCUT2D eigenvalue weighted by molar-refractivity contribution is 7.85. The quantitative estimate of drug-likeness (QED) is 0.759. The summed E-state index contributed by atoms with van der Waals surface area (Å²) in [6.07, 6.45) is 1.21. The van der Waals surface area contributed by atoms with Crippen LogP contribution >= 0.6 is 11.6 Å². The van der Waals surface area contributed by atoms with Crippen molar-refractivity contribution >= 4 is 39.7 Å². The first kappa shape index (κ1) is 17.0. The summed E-state index contributed by atoms with van der Waals surface area (Å²) in [7, 11) is -0.956. The zero-order valence-corrected chi connectivity index (χ0v) is 13.4. The molecule has 1 aromatic carbocycles. The maximum absolute atomic E-state index is 11.8. The molecular formula is C14H21ClN2O2S. The minimum Gasteiger partial charge on any atom is -0.397 e. The molecule has 112 valence electrons. The number of nitrogens with one attached hydrogen (secondary N) is 1. The number of amides is 1. The molecule has 0 spiro atoms. The van der Waals surface area contributed by atoms with Crippen LogP contribution < -0.4 is 11.1 Å². The van der Waals surface area contributed by atoms with Crippen LogP contribution in [0.3, 0.4) is 0 Å². The second-order valence-electron chi connectivity index (χ2n) is 4.85. The number of nitrogens with two attached hydrogens (primary N) is 1. The molecule has 0 aromatic heterocycles. The molecule has 0 aliphatic rings. The molecule has 0 aliphatic carbocycles. The molecule has 4 nitrogen and oxygen atoms in total. The highest BCUT2D eigenvalue weighted by atomic mass is 35.5. The van der Waals surface area contributed by atoms with Crippen molar-refractivity contribution in [3.8, 4) is 0 Å². The summed E-state index contributed by atoms with van der Waals surface area (Å²) in [6, 6.07) is 4.90. The van der Waals surface area contributed by atoms with Crippen LogP contribution in [0.5, 0.6) is 0 Å². The maximum atomic E-state index is 11.8. The van der Waals surface area contributed by atoms with E-state index in [1.165, 1.54) is 0 Å². The van der Waals surface area contributed by atoms with Gasteiger partial charge in [-0.05, 0) is 24.1 Å². The average molecular weight is 317 g/mol. The van der Waals surface area contributed by atoms with Gasteiger partial charge >= 0.3 is 0 Å². The third kappa shape index (κ3) is 5.92. The molecule has 0 aliphatic heterocycles. The summed E-state index contributed by atoms with van der Waals surface area (Å²) < 4.78 is 11.8. The molecule has 20 heavy (non-hydrogen) atoms. The highest BCUT2D eigenvalue weighted by Crippen LogP contribution is 2.22. The number of rotatable bonds is 7. The van der Waals surface area contributed by atoms with Crippen molar-refractivity contribution < 1.29 is 9.00 Å². The van der Waals surface area contributed by atoms with E-state index in [0.717, 1.165) is 6.42 Å². The number of hydrogen-bond acceptors (Lipinski definition) is 3. The molecule has 2 atom stereocenters. The minimum atomic E-state index is -0.956. The smallest absolute Gasteiger partial charge is 0.225 e. The van der Waals surface area contributed by atoms with Crippen LogP contribution in [0.15, 0.2) is 18.2 Å². The van der Waals surface area contributed by atoms with E-state index >= 15 is 0 Å². The van der Waals surface area contributed by atoms with E-state index in [-0.39, 0.29) is 12.3 Å². The topological polar surface area (TPSA) is 72.2 Å². The van der Waals surface area contributed by atoms with Crippen LogP contribution in [0.1, 0.15) is 26.7 Å². The Kier molecular flexibility index (Phi) is 7.02. The number of carbonyl (C=O) groups excluding carboxylic acids is 1. The lowest BCUT2D eigenvalue weighted by atomic mass is 10.2. The van der Waals surface area contributed by atoms with Crippen LogP contribution in [0.25, 0.3) is 0 Å². The van der Waals surface area contributed by atoms with E-state index in [0.29, 0.717) is 33.8 Å². The summed E-state index contributed by atoms with van der Waals surface area (Å²) in [6.45, 7) is 4.13. The van der Waals surface area contributed by atoms with Crippen molar-refractivity contribution in [3.63, 3.8) is 0 Å². The van der Waals surface area contributed by atoms with E-state index in [2.05, 4.69) is 19.2 Å². The van der Waals surface area contributed by atoms with Gasteiger partial charge in [0.2, 0.25) is 5.91 Å². The second-order valence-corrected chi connectivity index (χ2v) is 6.91. The summed E-state index contributed by atoms with van der Waals surface area (Å²) >= 11 is 5.85. The molecule has 0 fully saturated rings. The normalized spacial score (nSPS) is 13.8. The second kappa shape index (κ2) is 8.27. The van der Waals surface area contributed by atoms with Gasteiger partial charge in [0.25, 0.3) is 0 Å². The molecule has 0 radical (unpaired) electrons. The van der Waals surface area contributed by atoms with Crippen molar-refractivity contribution in [3.05, 3.63) is 23.2 Å². The highest BCUT2D eigenvalue weighted by Gasteiger charge is 2.10. The van der Waals surface area contributed by atoms with Gasteiger partial charge in [0.1, 0.15) is 0 Å². The third-order valence-electron chi connectivity index (χ3n) is 3.01. The van der Waals surface area contributed by atoms with Crippen LogP contribution in [0, 0.1) is 5.92 Å². The lowest BCUT2D eigenvalue weighted by Crippen LogP contribution is -2.18. The lowest BCUT2D eigenvalue weighted by Gasteiger charge is -2.10. The Morgan fingerprint density at radius 1 is 1.50 bits per heavy atom. The number of carbonyl (C=O) groups is 1. The number of hydrogen-bond donors (Lipinski definition) is 2. The molecule has 2 unspecified atom stereocenters. The molecule has 1 amide bonds. The summed E-state index contributed by atoms with van der Waals surface area (Å²) in [5.74, 6) is 1.23. The van der Waals surface area contributed by atoms with Gasteiger partial charge in [-0.1, -0.05) is 31.9 Å². The van der Waals surface area contributed by atoms with Gasteiger partial charge < -0.3 is 11.1 Å². The molecule has 0 saturated carbocycles. The van der Waals surface area contributed by atoms with E-state index in [1.807, 2.05) is 0 Å². The number of anilines is 2. The SMILES string of the molecule is CCC(C)CS(=O)CCC(=O)Nc1cc(Cl)ccc1N. The first-order chi connectivity index (χ1) is 9.42. The van der Waals surface area contributed by atoms with Crippen LogP contribution in [0.2, 0.25) is 5.02 Å². The van der Waals surface area contributed by atoms with Gasteiger partial charge in [-0.3, -0.25) is 9.00 Å². The van der Waals surface area contributed by atoms with Gasteiger partial charge in [0.05, 0.1) is 11.4 Å². The summed E-state index contributed by atoms with van der Waals surface area (Å²) in [4.78, 5) is 11.8.